The molecule has 0 atom stereocenters. The van der Waals surface area contributed by atoms with Crippen molar-refractivity contribution in [2.45, 2.75) is 58.5 Å². The van der Waals surface area contributed by atoms with Crippen molar-refractivity contribution >= 4 is 11.9 Å². The van der Waals surface area contributed by atoms with Crippen molar-refractivity contribution in [2.75, 3.05) is 13.2 Å². The lowest BCUT2D eigenvalue weighted by Crippen LogP contribution is -2.25. The smallest absolute Gasteiger partial charge is 0.432 e. The molecule has 0 N–H and O–H groups in total. The molecule has 0 aliphatic rings. The SMILES string of the molecule is C=C(C)C(=O)OCCCCc1ccc(OC(F)(F)c2c(F)cc(CCCCOC(=O)C(=C)C)cc2F)cc1. The largest absolute Gasteiger partial charge is 0.462 e. The Hall–Kier alpha value is -3.62. The van der Waals surface area contributed by atoms with Gasteiger partial charge in [-0.25, -0.2) is 18.4 Å². The molecule has 0 saturated heterocycles. The van der Waals surface area contributed by atoms with Crippen molar-refractivity contribution in [1.29, 1.82) is 0 Å². The van der Waals surface area contributed by atoms with Gasteiger partial charge in [-0.1, -0.05) is 25.3 Å². The van der Waals surface area contributed by atoms with Crippen LogP contribution in [0, 0.1) is 11.6 Å². The summed E-state index contributed by atoms with van der Waals surface area (Å²) in [6.07, 6.45) is -1.24. The molecule has 206 valence electrons. The van der Waals surface area contributed by atoms with Crippen LogP contribution in [-0.2, 0) is 38.0 Å². The highest BCUT2D eigenvalue weighted by Gasteiger charge is 2.41. The summed E-state index contributed by atoms with van der Waals surface area (Å²) in [6.45, 7) is 10.4. The first kappa shape index (κ1) is 30.6. The lowest BCUT2D eigenvalue weighted by molar-refractivity contribution is -0.189. The lowest BCUT2D eigenvalue weighted by atomic mass is 10.0. The number of unbranched alkanes of at least 4 members (excludes halogenated alkanes) is 2. The second-order valence-corrected chi connectivity index (χ2v) is 8.94. The predicted octanol–water partition coefficient (Wildman–Crippen LogP) is 6.98. The van der Waals surface area contributed by atoms with Crippen LogP contribution in [0.25, 0.3) is 0 Å². The molecule has 0 saturated carbocycles. The van der Waals surface area contributed by atoms with Crippen LogP contribution in [0.1, 0.15) is 56.2 Å². The molecule has 2 aromatic carbocycles. The molecule has 0 amide bonds. The normalized spacial score (nSPS) is 11.1. The quantitative estimate of drug-likeness (QED) is 0.106. The van der Waals surface area contributed by atoms with Gasteiger partial charge in [0.15, 0.2) is 0 Å². The van der Waals surface area contributed by atoms with Gasteiger partial charge in [-0.05, 0) is 87.8 Å². The molecule has 0 aromatic heterocycles. The maximum atomic E-state index is 14.7. The number of rotatable bonds is 15. The molecule has 2 rings (SSSR count). The van der Waals surface area contributed by atoms with E-state index < -0.39 is 35.2 Å². The van der Waals surface area contributed by atoms with Crippen LogP contribution < -0.4 is 4.74 Å². The molecule has 0 aliphatic carbocycles. The van der Waals surface area contributed by atoms with Crippen molar-refractivity contribution in [3.63, 3.8) is 0 Å². The van der Waals surface area contributed by atoms with Crippen LogP contribution in [0.3, 0.4) is 0 Å². The average Bonchev–Trinajstić information content (AvgIpc) is 2.83. The second-order valence-electron chi connectivity index (χ2n) is 8.94. The van der Waals surface area contributed by atoms with Gasteiger partial charge in [0.05, 0.1) is 13.2 Å². The summed E-state index contributed by atoms with van der Waals surface area (Å²) in [6, 6.07) is 7.46. The van der Waals surface area contributed by atoms with Crippen LogP contribution in [0.15, 0.2) is 60.7 Å². The number of alkyl halides is 2. The van der Waals surface area contributed by atoms with Gasteiger partial charge in [0, 0.05) is 11.1 Å². The summed E-state index contributed by atoms with van der Waals surface area (Å²) < 4.78 is 73.0. The molecular weight excluding hydrogens is 504 g/mol. The Labute approximate surface area is 220 Å². The maximum Gasteiger partial charge on any atom is 0.432 e. The van der Waals surface area contributed by atoms with Gasteiger partial charge in [0.2, 0.25) is 0 Å². The molecule has 0 bridgehead atoms. The summed E-state index contributed by atoms with van der Waals surface area (Å²) in [4.78, 5) is 22.7. The van der Waals surface area contributed by atoms with E-state index in [1.807, 2.05) is 0 Å². The van der Waals surface area contributed by atoms with Crippen molar-refractivity contribution in [3.05, 3.63) is 89.0 Å². The number of hydrogen-bond donors (Lipinski definition) is 0. The zero-order valence-corrected chi connectivity index (χ0v) is 21.6. The number of halogens is 4. The predicted molar refractivity (Wildman–Crippen MR) is 135 cm³/mol. The zero-order chi connectivity index (χ0) is 28.3. The minimum Gasteiger partial charge on any atom is -0.462 e. The van der Waals surface area contributed by atoms with Gasteiger partial charge in [0.1, 0.15) is 22.9 Å². The van der Waals surface area contributed by atoms with Gasteiger partial charge in [0.25, 0.3) is 0 Å². The highest BCUT2D eigenvalue weighted by Crippen LogP contribution is 2.35. The summed E-state index contributed by atoms with van der Waals surface area (Å²) in [5.74, 6) is -4.05. The summed E-state index contributed by atoms with van der Waals surface area (Å²) in [7, 11) is 0. The number of esters is 2. The first-order valence-corrected chi connectivity index (χ1v) is 12.2. The van der Waals surface area contributed by atoms with E-state index in [0.717, 1.165) is 17.7 Å². The van der Waals surface area contributed by atoms with E-state index in [1.54, 1.807) is 19.1 Å². The van der Waals surface area contributed by atoms with Crippen LogP contribution >= 0.6 is 0 Å². The van der Waals surface area contributed by atoms with Gasteiger partial charge in [-0.15, -0.1) is 0 Å². The Kier molecular flexibility index (Phi) is 11.6. The topological polar surface area (TPSA) is 61.8 Å². The molecule has 9 heteroatoms. The van der Waals surface area contributed by atoms with E-state index in [4.69, 9.17) is 9.47 Å². The Balaban J connectivity index is 1.89. The minimum atomic E-state index is -4.24. The van der Waals surface area contributed by atoms with Crippen molar-refractivity contribution in [1.82, 2.24) is 0 Å². The van der Waals surface area contributed by atoms with E-state index >= 15 is 0 Å². The fourth-order valence-corrected chi connectivity index (χ4v) is 3.41. The third-order valence-electron chi connectivity index (χ3n) is 5.45. The number of carbonyl (C=O) groups is 2. The Bertz CT molecular complexity index is 1120. The average molecular weight is 537 g/mol. The molecule has 0 heterocycles. The summed E-state index contributed by atoms with van der Waals surface area (Å²) >= 11 is 0. The standard InChI is InChI=1S/C29H32F4O5/c1-19(2)27(34)36-15-7-5-9-21-11-13-23(14-12-21)38-29(32,33)26-24(30)17-22(18-25(26)31)10-6-8-16-37-28(35)20(3)4/h11-14,17-18H,1,3,5-10,15-16H2,2,4H3. The Morgan fingerprint density at radius 1 is 0.763 bits per heavy atom. The molecule has 5 nitrogen and oxygen atoms in total. The Morgan fingerprint density at radius 3 is 1.66 bits per heavy atom. The summed E-state index contributed by atoms with van der Waals surface area (Å²) in [5, 5.41) is 0. The zero-order valence-electron chi connectivity index (χ0n) is 21.6. The van der Waals surface area contributed by atoms with Crippen molar-refractivity contribution in [3.8, 4) is 5.75 Å². The number of hydrogen-bond acceptors (Lipinski definition) is 5. The first-order chi connectivity index (χ1) is 17.9. The van der Waals surface area contributed by atoms with Crippen LogP contribution in [-0.4, -0.2) is 25.2 Å². The maximum absolute atomic E-state index is 14.7. The van der Waals surface area contributed by atoms with E-state index in [0.29, 0.717) is 37.7 Å². The molecule has 0 radical (unpaired) electrons. The van der Waals surface area contributed by atoms with Gasteiger partial charge in [-0.2, -0.15) is 8.78 Å². The molecule has 0 aliphatic heterocycles. The van der Waals surface area contributed by atoms with Crippen molar-refractivity contribution in [2.24, 2.45) is 0 Å². The van der Waals surface area contributed by atoms with Crippen molar-refractivity contribution < 1.29 is 41.4 Å². The molecule has 0 unspecified atom stereocenters. The van der Waals surface area contributed by atoms with Crippen LogP contribution in [0.5, 0.6) is 5.75 Å². The monoisotopic (exact) mass is 536 g/mol. The first-order valence-electron chi connectivity index (χ1n) is 12.2. The number of carbonyl (C=O) groups excluding carboxylic acids is 2. The van der Waals surface area contributed by atoms with E-state index in [9.17, 15) is 27.2 Å². The van der Waals surface area contributed by atoms with E-state index in [1.165, 1.54) is 19.1 Å². The van der Waals surface area contributed by atoms with Gasteiger partial charge >= 0.3 is 18.0 Å². The highest BCUT2D eigenvalue weighted by molar-refractivity contribution is 5.87. The molecule has 38 heavy (non-hydrogen) atoms. The van der Waals surface area contributed by atoms with Crippen LogP contribution in [0.4, 0.5) is 17.6 Å². The molecule has 0 fully saturated rings. The van der Waals surface area contributed by atoms with Crippen LogP contribution in [0.2, 0.25) is 0 Å². The Morgan fingerprint density at radius 2 is 1.21 bits per heavy atom. The fourth-order valence-electron chi connectivity index (χ4n) is 3.41. The van der Waals surface area contributed by atoms with Gasteiger partial charge < -0.3 is 14.2 Å². The second kappa shape index (κ2) is 14.4. The van der Waals surface area contributed by atoms with Gasteiger partial charge in [-0.3, -0.25) is 0 Å². The lowest BCUT2D eigenvalue weighted by Gasteiger charge is -2.20. The number of aryl methyl sites for hydroxylation is 2. The minimum absolute atomic E-state index is 0.115. The molecule has 0 spiro atoms. The van der Waals surface area contributed by atoms with E-state index in [2.05, 4.69) is 17.9 Å². The summed E-state index contributed by atoms with van der Waals surface area (Å²) in [5.41, 5.74) is 0.154. The fraction of sp³-hybridized carbons (Fsp3) is 0.379. The third-order valence-corrected chi connectivity index (χ3v) is 5.45. The number of benzene rings is 2. The van der Waals surface area contributed by atoms with E-state index in [-0.39, 0.29) is 36.5 Å². The highest BCUT2D eigenvalue weighted by atomic mass is 19.3. The molecule has 2 aromatic rings. The number of ether oxygens (including phenoxy) is 3. The third kappa shape index (κ3) is 9.68. The molecular formula is C29H32F4O5.